The van der Waals surface area contributed by atoms with Crippen molar-refractivity contribution in [3.05, 3.63) is 33.9 Å². The van der Waals surface area contributed by atoms with E-state index in [2.05, 4.69) is 0 Å². The molecule has 0 radical (unpaired) electrons. The average molecular weight is 182 g/mol. The van der Waals surface area contributed by atoms with E-state index in [1.54, 1.807) is 19.9 Å². The highest BCUT2D eigenvalue weighted by Crippen LogP contribution is 2.08. The lowest BCUT2D eigenvalue weighted by atomic mass is 10.1. The predicted octanol–water partition coefficient (Wildman–Crippen LogP) is 1.26. The zero-order valence-electron chi connectivity index (χ0n) is 7.91. The zero-order chi connectivity index (χ0) is 9.84. The predicted molar refractivity (Wildman–Crippen MR) is 49.7 cm³/mol. The molecule has 0 bridgehead atoms. The molecule has 1 aromatic heterocycles. The Morgan fingerprint density at radius 3 is 2.77 bits per heavy atom. The lowest BCUT2D eigenvalue weighted by molar-refractivity contribution is 0.184. The Bertz CT molecular complexity index is 325. The maximum Gasteiger partial charge on any atom is 0.335 e. The third-order valence-corrected chi connectivity index (χ3v) is 1.96. The van der Waals surface area contributed by atoms with Gasteiger partial charge in [0.25, 0.3) is 0 Å². The molecule has 0 aliphatic carbocycles. The molecule has 1 aromatic rings. The van der Waals surface area contributed by atoms with Gasteiger partial charge in [-0.2, -0.15) is 0 Å². The Balaban J connectivity index is 2.72. The second-order valence-electron chi connectivity index (χ2n) is 3.22. The SMILES string of the molecule is Cc1oc(=O)ccc1CC[C@H](C)O. The molecule has 72 valence electrons. The third-order valence-electron chi connectivity index (χ3n) is 1.96. The highest BCUT2D eigenvalue weighted by Gasteiger charge is 2.02. The average Bonchev–Trinajstić information content (AvgIpc) is 2.02. The molecule has 0 unspecified atom stereocenters. The second kappa shape index (κ2) is 4.23. The lowest BCUT2D eigenvalue weighted by Gasteiger charge is -2.05. The summed E-state index contributed by atoms with van der Waals surface area (Å²) in [4.78, 5) is 10.8. The van der Waals surface area contributed by atoms with Gasteiger partial charge < -0.3 is 9.52 Å². The summed E-state index contributed by atoms with van der Waals surface area (Å²) in [6, 6.07) is 3.16. The van der Waals surface area contributed by atoms with Crippen LogP contribution in [0, 0.1) is 6.92 Å². The zero-order valence-corrected chi connectivity index (χ0v) is 7.91. The van der Waals surface area contributed by atoms with E-state index in [1.165, 1.54) is 6.07 Å². The van der Waals surface area contributed by atoms with E-state index in [0.717, 1.165) is 12.0 Å². The fraction of sp³-hybridized carbons (Fsp3) is 0.500. The van der Waals surface area contributed by atoms with Gasteiger partial charge in [0.1, 0.15) is 5.76 Å². The van der Waals surface area contributed by atoms with Crippen molar-refractivity contribution in [1.82, 2.24) is 0 Å². The van der Waals surface area contributed by atoms with Crippen molar-refractivity contribution >= 4 is 0 Å². The quantitative estimate of drug-likeness (QED) is 0.765. The number of hydrogen-bond acceptors (Lipinski definition) is 3. The number of aliphatic hydroxyl groups excluding tert-OH is 1. The van der Waals surface area contributed by atoms with Crippen molar-refractivity contribution in [2.24, 2.45) is 0 Å². The molecular weight excluding hydrogens is 168 g/mol. The maximum absolute atomic E-state index is 10.8. The summed E-state index contributed by atoms with van der Waals surface area (Å²) in [7, 11) is 0. The van der Waals surface area contributed by atoms with E-state index in [1.807, 2.05) is 0 Å². The van der Waals surface area contributed by atoms with E-state index < -0.39 is 0 Å². The van der Waals surface area contributed by atoms with Gasteiger partial charge in [-0.25, -0.2) is 4.79 Å². The molecule has 1 rings (SSSR count). The molecule has 13 heavy (non-hydrogen) atoms. The Labute approximate surface area is 77.0 Å². The van der Waals surface area contributed by atoms with Gasteiger partial charge in [0.05, 0.1) is 6.10 Å². The van der Waals surface area contributed by atoms with Gasteiger partial charge in [-0.3, -0.25) is 0 Å². The molecule has 0 aliphatic rings. The van der Waals surface area contributed by atoms with E-state index in [0.29, 0.717) is 12.2 Å². The number of hydrogen-bond donors (Lipinski definition) is 1. The number of aliphatic hydroxyl groups is 1. The number of aryl methyl sites for hydroxylation is 2. The van der Waals surface area contributed by atoms with Crippen molar-refractivity contribution in [3.63, 3.8) is 0 Å². The summed E-state index contributed by atoms with van der Waals surface area (Å²) >= 11 is 0. The molecular formula is C10H14O3. The van der Waals surface area contributed by atoms with E-state index in [4.69, 9.17) is 9.52 Å². The normalized spacial score (nSPS) is 12.8. The molecule has 0 saturated heterocycles. The van der Waals surface area contributed by atoms with Crippen LogP contribution in [0.1, 0.15) is 24.7 Å². The largest absolute Gasteiger partial charge is 0.428 e. The molecule has 0 aromatic carbocycles. The van der Waals surface area contributed by atoms with Crippen LogP contribution in [-0.4, -0.2) is 11.2 Å². The summed E-state index contributed by atoms with van der Waals surface area (Å²) in [6.45, 7) is 3.51. The highest BCUT2D eigenvalue weighted by atomic mass is 16.4. The Hall–Kier alpha value is -1.09. The summed E-state index contributed by atoms with van der Waals surface area (Å²) < 4.78 is 4.90. The van der Waals surface area contributed by atoms with Gasteiger partial charge in [-0.05, 0) is 38.3 Å². The molecule has 0 saturated carbocycles. The first kappa shape index (κ1) is 9.99. The first-order chi connectivity index (χ1) is 6.09. The summed E-state index contributed by atoms with van der Waals surface area (Å²) in [5, 5.41) is 9.07. The highest BCUT2D eigenvalue weighted by molar-refractivity contribution is 5.15. The lowest BCUT2D eigenvalue weighted by Crippen LogP contribution is -2.05. The molecule has 1 heterocycles. The van der Waals surface area contributed by atoms with Crippen LogP contribution in [0.4, 0.5) is 0 Å². The first-order valence-corrected chi connectivity index (χ1v) is 4.37. The summed E-state index contributed by atoms with van der Waals surface area (Å²) in [6.07, 6.45) is 1.12. The van der Waals surface area contributed by atoms with Crippen molar-refractivity contribution < 1.29 is 9.52 Å². The standard InChI is InChI=1S/C10H14O3/c1-7(11)3-4-9-5-6-10(12)13-8(9)2/h5-7,11H,3-4H2,1-2H3/t7-/m0/s1. The minimum Gasteiger partial charge on any atom is -0.428 e. The number of rotatable bonds is 3. The fourth-order valence-electron chi connectivity index (χ4n) is 1.16. The van der Waals surface area contributed by atoms with E-state index in [-0.39, 0.29) is 11.7 Å². The Morgan fingerprint density at radius 1 is 1.54 bits per heavy atom. The van der Waals surface area contributed by atoms with Crippen molar-refractivity contribution in [2.45, 2.75) is 32.8 Å². The van der Waals surface area contributed by atoms with Crippen molar-refractivity contribution in [2.75, 3.05) is 0 Å². The van der Waals surface area contributed by atoms with Crippen LogP contribution >= 0.6 is 0 Å². The van der Waals surface area contributed by atoms with Gasteiger partial charge in [0.15, 0.2) is 0 Å². The third kappa shape index (κ3) is 3.03. The van der Waals surface area contributed by atoms with Crippen LogP contribution in [-0.2, 0) is 6.42 Å². The maximum atomic E-state index is 10.8. The molecule has 0 fully saturated rings. The second-order valence-corrected chi connectivity index (χ2v) is 3.22. The van der Waals surface area contributed by atoms with Crippen molar-refractivity contribution in [1.29, 1.82) is 0 Å². The molecule has 0 aliphatic heterocycles. The molecule has 1 N–H and O–H groups in total. The van der Waals surface area contributed by atoms with Crippen LogP contribution in [0.3, 0.4) is 0 Å². The van der Waals surface area contributed by atoms with E-state index >= 15 is 0 Å². The smallest absolute Gasteiger partial charge is 0.335 e. The molecule has 1 atom stereocenters. The molecule has 0 spiro atoms. The topological polar surface area (TPSA) is 50.4 Å². The van der Waals surface area contributed by atoms with Crippen molar-refractivity contribution in [3.8, 4) is 0 Å². The van der Waals surface area contributed by atoms with Gasteiger partial charge in [0.2, 0.25) is 0 Å². The van der Waals surface area contributed by atoms with E-state index in [9.17, 15) is 4.79 Å². The summed E-state index contributed by atoms with van der Waals surface area (Å²) in [5.41, 5.74) is 0.666. The van der Waals surface area contributed by atoms with Gasteiger partial charge in [0, 0.05) is 6.07 Å². The molecule has 3 heteroatoms. The van der Waals surface area contributed by atoms with Crippen LogP contribution in [0.5, 0.6) is 0 Å². The van der Waals surface area contributed by atoms with Crippen LogP contribution in [0.2, 0.25) is 0 Å². The fourth-order valence-corrected chi connectivity index (χ4v) is 1.16. The minimum atomic E-state index is -0.321. The molecule has 3 nitrogen and oxygen atoms in total. The Kier molecular flexibility index (Phi) is 3.25. The molecule has 0 amide bonds. The van der Waals surface area contributed by atoms with Crippen LogP contribution < -0.4 is 5.63 Å². The summed E-state index contributed by atoms with van der Waals surface area (Å²) in [5.74, 6) is 0.646. The monoisotopic (exact) mass is 182 g/mol. The van der Waals surface area contributed by atoms with Gasteiger partial charge >= 0.3 is 5.63 Å². The van der Waals surface area contributed by atoms with Crippen LogP contribution in [0.15, 0.2) is 21.3 Å². The minimum absolute atomic E-state index is 0.314. The van der Waals surface area contributed by atoms with Crippen LogP contribution in [0.25, 0.3) is 0 Å². The first-order valence-electron chi connectivity index (χ1n) is 4.37. The van der Waals surface area contributed by atoms with Gasteiger partial charge in [-0.1, -0.05) is 0 Å². The Morgan fingerprint density at radius 2 is 2.23 bits per heavy atom. The van der Waals surface area contributed by atoms with Gasteiger partial charge in [-0.15, -0.1) is 0 Å².